The minimum atomic E-state index is -0.195. The van der Waals surface area contributed by atoms with Crippen molar-refractivity contribution in [1.29, 1.82) is 0 Å². The number of rotatable bonds is 3. The number of nitrogens with zero attached hydrogens (tertiary/aromatic N) is 1. The Balaban J connectivity index is 1.81. The van der Waals surface area contributed by atoms with Gasteiger partial charge in [-0.15, -0.1) is 0 Å². The number of nitrogens with one attached hydrogen (secondary N) is 1. The van der Waals surface area contributed by atoms with Crippen molar-refractivity contribution < 1.29 is 9.13 Å². The van der Waals surface area contributed by atoms with E-state index in [4.69, 9.17) is 4.74 Å². The molecule has 3 unspecified atom stereocenters. The van der Waals surface area contributed by atoms with Gasteiger partial charge in [0.05, 0.1) is 23.2 Å². The Bertz CT molecular complexity index is 485. The Morgan fingerprint density at radius 1 is 1.50 bits per heavy atom. The normalized spacial score (nSPS) is 28.4. The van der Waals surface area contributed by atoms with Gasteiger partial charge in [-0.1, -0.05) is 12.1 Å². The van der Waals surface area contributed by atoms with Crippen molar-refractivity contribution in [3.05, 3.63) is 34.1 Å². The summed E-state index contributed by atoms with van der Waals surface area (Å²) in [7, 11) is 1.87. The molecule has 2 aliphatic rings. The molecule has 0 bridgehead atoms. The molecule has 5 heteroatoms. The van der Waals surface area contributed by atoms with Gasteiger partial charge in [0, 0.05) is 18.2 Å². The first-order chi connectivity index (χ1) is 9.70. The summed E-state index contributed by atoms with van der Waals surface area (Å²) in [5, 5.41) is 3.22. The number of benzene rings is 1. The van der Waals surface area contributed by atoms with Gasteiger partial charge in [0.15, 0.2) is 0 Å². The first-order valence-corrected chi connectivity index (χ1v) is 7.97. The van der Waals surface area contributed by atoms with Gasteiger partial charge >= 0.3 is 0 Å². The van der Waals surface area contributed by atoms with E-state index in [1.165, 1.54) is 12.8 Å². The van der Waals surface area contributed by atoms with Gasteiger partial charge in [-0.3, -0.25) is 4.90 Å². The smallest absolute Gasteiger partial charge is 0.142 e. The highest BCUT2D eigenvalue weighted by molar-refractivity contribution is 9.10. The third-order valence-electron chi connectivity index (χ3n) is 4.42. The van der Waals surface area contributed by atoms with E-state index >= 15 is 0 Å². The highest BCUT2D eigenvalue weighted by atomic mass is 79.9. The van der Waals surface area contributed by atoms with Crippen molar-refractivity contribution in [2.45, 2.75) is 31.0 Å². The Morgan fingerprint density at radius 2 is 2.35 bits per heavy atom. The van der Waals surface area contributed by atoms with Crippen molar-refractivity contribution in [2.75, 3.05) is 26.7 Å². The van der Waals surface area contributed by atoms with Gasteiger partial charge in [-0.25, -0.2) is 4.39 Å². The summed E-state index contributed by atoms with van der Waals surface area (Å²) >= 11 is 3.26. The van der Waals surface area contributed by atoms with Gasteiger partial charge < -0.3 is 10.1 Å². The summed E-state index contributed by atoms with van der Waals surface area (Å²) < 4.78 is 20.8. The van der Waals surface area contributed by atoms with Gasteiger partial charge in [0.2, 0.25) is 0 Å². The van der Waals surface area contributed by atoms with E-state index < -0.39 is 0 Å². The van der Waals surface area contributed by atoms with Crippen molar-refractivity contribution in [3.8, 4) is 0 Å². The highest BCUT2D eigenvalue weighted by Crippen LogP contribution is 2.31. The molecule has 0 aromatic heterocycles. The van der Waals surface area contributed by atoms with Crippen LogP contribution in [0.5, 0.6) is 0 Å². The van der Waals surface area contributed by atoms with E-state index in [2.05, 4.69) is 26.1 Å². The molecule has 0 spiro atoms. The quantitative estimate of drug-likeness (QED) is 0.913. The summed E-state index contributed by atoms with van der Waals surface area (Å²) in [5.74, 6) is -0.195. The van der Waals surface area contributed by atoms with Crippen LogP contribution < -0.4 is 5.32 Å². The topological polar surface area (TPSA) is 24.5 Å². The number of hydrogen-bond donors (Lipinski definition) is 1. The molecule has 20 heavy (non-hydrogen) atoms. The van der Waals surface area contributed by atoms with E-state index in [0.717, 1.165) is 19.7 Å². The average Bonchev–Trinajstić information content (AvgIpc) is 2.92. The van der Waals surface area contributed by atoms with Crippen LogP contribution in [-0.4, -0.2) is 43.8 Å². The lowest BCUT2D eigenvalue weighted by Crippen LogP contribution is -2.50. The predicted octanol–water partition coefficient (Wildman–Crippen LogP) is 2.71. The SMILES string of the molecule is CNC(c1cccc(Br)c1F)C1CN2CCCC2CO1. The largest absolute Gasteiger partial charge is 0.373 e. The maximum atomic E-state index is 14.3. The molecule has 1 aromatic rings. The number of halogens is 2. The second-order valence-electron chi connectivity index (χ2n) is 5.57. The van der Waals surface area contributed by atoms with Crippen LogP contribution in [0.25, 0.3) is 0 Å². The van der Waals surface area contributed by atoms with Crippen molar-refractivity contribution in [2.24, 2.45) is 0 Å². The second-order valence-corrected chi connectivity index (χ2v) is 6.43. The lowest BCUT2D eigenvalue weighted by molar-refractivity contribution is -0.0647. The third kappa shape index (κ3) is 2.64. The van der Waals surface area contributed by atoms with Gasteiger partial charge in [-0.05, 0) is 48.4 Å². The van der Waals surface area contributed by atoms with Gasteiger partial charge in [-0.2, -0.15) is 0 Å². The van der Waals surface area contributed by atoms with Gasteiger partial charge in [0.1, 0.15) is 5.82 Å². The van der Waals surface area contributed by atoms with E-state index in [0.29, 0.717) is 16.1 Å². The minimum absolute atomic E-state index is 0.00171. The molecule has 0 aliphatic carbocycles. The maximum absolute atomic E-state index is 14.3. The summed E-state index contributed by atoms with van der Waals surface area (Å²) in [4.78, 5) is 2.48. The fourth-order valence-electron chi connectivity index (χ4n) is 3.35. The first-order valence-electron chi connectivity index (χ1n) is 7.17. The number of morpholine rings is 1. The lowest BCUT2D eigenvalue weighted by atomic mass is 9.99. The number of ether oxygens (including phenoxy) is 1. The van der Waals surface area contributed by atoms with Crippen LogP contribution in [0.4, 0.5) is 4.39 Å². The molecule has 110 valence electrons. The molecule has 2 saturated heterocycles. The second kappa shape index (κ2) is 6.10. The Hall–Kier alpha value is -0.490. The summed E-state index contributed by atoms with van der Waals surface area (Å²) in [5.41, 5.74) is 0.671. The Kier molecular flexibility index (Phi) is 4.40. The molecular formula is C15H20BrFN2O. The standard InChI is InChI=1S/C15H20BrFN2O/c1-18-15(11-5-2-6-12(16)14(11)17)13-8-19-7-3-4-10(19)9-20-13/h2,5-6,10,13,15,18H,3-4,7-9H2,1H3. The molecule has 3 nitrogen and oxygen atoms in total. The monoisotopic (exact) mass is 342 g/mol. The Labute approximate surface area is 127 Å². The molecule has 2 heterocycles. The third-order valence-corrected chi connectivity index (χ3v) is 5.03. The summed E-state index contributed by atoms with van der Waals surface area (Å²) in [6, 6.07) is 5.88. The van der Waals surface area contributed by atoms with E-state index in [-0.39, 0.29) is 18.0 Å². The first kappa shape index (κ1) is 14.4. The molecular weight excluding hydrogens is 323 g/mol. The summed E-state index contributed by atoms with van der Waals surface area (Å²) in [6.07, 6.45) is 2.47. The molecule has 2 aliphatic heterocycles. The van der Waals surface area contributed by atoms with E-state index in [1.54, 1.807) is 6.07 Å². The number of likely N-dealkylation sites (N-methyl/N-ethyl adjacent to an activating group) is 1. The van der Waals surface area contributed by atoms with Crippen LogP contribution in [0.15, 0.2) is 22.7 Å². The predicted molar refractivity (Wildman–Crippen MR) is 80.2 cm³/mol. The van der Waals surface area contributed by atoms with Crippen LogP contribution in [0, 0.1) is 5.82 Å². The molecule has 0 amide bonds. The molecule has 0 radical (unpaired) electrons. The number of hydrogen-bond acceptors (Lipinski definition) is 3. The highest BCUT2D eigenvalue weighted by Gasteiger charge is 2.36. The fraction of sp³-hybridized carbons (Fsp3) is 0.600. The zero-order chi connectivity index (χ0) is 14.1. The summed E-state index contributed by atoms with van der Waals surface area (Å²) in [6.45, 7) is 2.78. The average molecular weight is 343 g/mol. The number of fused-ring (bicyclic) bond motifs is 1. The Morgan fingerprint density at radius 3 is 3.15 bits per heavy atom. The molecule has 3 atom stereocenters. The van der Waals surface area contributed by atoms with Crippen LogP contribution >= 0.6 is 15.9 Å². The molecule has 0 saturated carbocycles. The lowest BCUT2D eigenvalue weighted by Gasteiger charge is -2.39. The van der Waals surface area contributed by atoms with E-state index in [1.807, 2.05) is 19.2 Å². The zero-order valence-corrected chi connectivity index (χ0v) is 13.2. The minimum Gasteiger partial charge on any atom is -0.373 e. The van der Waals surface area contributed by atoms with E-state index in [9.17, 15) is 4.39 Å². The van der Waals surface area contributed by atoms with Crippen LogP contribution in [0.3, 0.4) is 0 Å². The van der Waals surface area contributed by atoms with Crippen LogP contribution in [-0.2, 0) is 4.74 Å². The molecule has 2 fully saturated rings. The van der Waals surface area contributed by atoms with Gasteiger partial charge in [0.25, 0.3) is 0 Å². The molecule has 3 rings (SSSR count). The maximum Gasteiger partial charge on any atom is 0.142 e. The molecule has 1 N–H and O–H groups in total. The van der Waals surface area contributed by atoms with Crippen LogP contribution in [0.1, 0.15) is 24.4 Å². The van der Waals surface area contributed by atoms with Crippen molar-refractivity contribution >= 4 is 15.9 Å². The van der Waals surface area contributed by atoms with Crippen molar-refractivity contribution in [3.63, 3.8) is 0 Å². The van der Waals surface area contributed by atoms with Crippen LogP contribution in [0.2, 0.25) is 0 Å². The fourth-order valence-corrected chi connectivity index (χ4v) is 3.73. The van der Waals surface area contributed by atoms with Crippen molar-refractivity contribution in [1.82, 2.24) is 10.2 Å². The zero-order valence-electron chi connectivity index (χ0n) is 11.6. The molecule has 1 aromatic carbocycles.